The Kier molecular flexibility index (Phi) is 47.8. The number of unbranched alkanes of at least 4 members (excludes halogenated alkanes) is 8. The largest absolute Gasteiger partial charge is 0.472 e. The first-order chi connectivity index (χ1) is 34.2. The molecular formula is C58H91O11P. The Morgan fingerprint density at radius 2 is 0.829 bits per heavy atom. The molecule has 2 N–H and O–H groups in total. The lowest BCUT2D eigenvalue weighted by Gasteiger charge is -2.21. The average molecular weight is 995 g/mol. The maximum absolute atomic E-state index is 12.8. The van der Waals surface area contributed by atoms with Gasteiger partial charge in [-0.3, -0.25) is 23.4 Å². The highest BCUT2D eigenvalue weighted by Crippen LogP contribution is 2.43. The van der Waals surface area contributed by atoms with Gasteiger partial charge in [0.05, 0.1) is 26.2 Å². The van der Waals surface area contributed by atoms with E-state index in [9.17, 15) is 28.9 Å². The SMILES string of the molecule is CC/C=C\C/C=C\C/C=C\C/C=C\C/C=C\CC(=O)OC(COC(=O)CCCCCCC/C=C\C/C=C\CCCCC)COP(=O)(O)OCC(CO)OC(=O)CC/C=C\C/C=C\C/C=C\C/C=C\CC. The predicted molar refractivity (Wildman–Crippen MR) is 288 cm³/mol. The van der Waals surface area contributed by atoms with Crippen molar-refractivity contribution in [3.8, 4) is 0 Å². The lowest BCUT2D eigenvalue weighted by molar-refractivity contribution is -0.160. The third kappa shape index (κ3) is 48.6. The number of hydrogen-bond donors (Lipinski definition) is 2. The Labute approximate surface area is 423 Å². The number of aliphatic hydroxyl groups excluding tert-OH is 1. The molecular weight excluding hydrogens is 904 g/mol. The minimum absolute atomic E-state index is 0.0407. The molecule has 0 aliphatic heterocycles. The molecule has 11 nitrogen and oxygen atoms in total. The monoisotopic (exact) mass is 995 g/mol. The molecule has 0 saturated carbocycles. The van der Waals surface area contributed by atoms with Gasteiger partial charge >= 0.3 is 25.7 Å². The Hall–Kier alpha value is -4.38. The van der Waals surface area contributed by atoms with Crippen LogP contribution in [0.1, 0.15) is 175 Å². The molecule has 12 heteroatoms. The van der Waals surface area contributed by atoms with Crippen LogP contribution in [0.15, 0.2) is 134 Å². The number of phosphoric acid groups is 1. The van der Waals surface area contributed by atoms with Crippen molar-refractivity contribution < 1.29 is 52.2 Å². The average Bonchev–Trinajstić information content (AvgIpc) is 3.35. The molecule has 0 spiro atoms. The lowest BCUT2D eigenvalue weighted by atomic mass is 10.1. The van der Waals surface area contributed by atoms with Crippen LogP contribution in [-0.2, 0) is 42.2 Å². The van der Waals surface area contributed by atoms with E-state index in [4.69, 9.17) is 23.3 Å². The molecule has 70 heavy (non-hydrogen) atoms. The highest BCUT2D eigenvalue weighted by molar-refractivity contribution is 7.47. The molecule has 0 heterocycles. The molecule has 0 aromatic carbocycles. The molecule has 3 atom stereocenters. The molecule has 0 aromatic heterocycles. The Bertz CT molecular complexity index is 1680. The van der Waals surface area contributed by atoms with Crippen LogP contribution < -0.4 is 0 Å². The Morgan fingerprint density at radius 3 is 1.31 bits per heavy atom. The summed E-state index contributed by atoms with van der Waals surface area (Å²) in [5, 5.41) is 9.76. The fourth-order valence-electron chi connectivity index (χ4n) is 6.18. The molecule has 0 aliphatic carbocycles. The number of carbonyl (C=O) groups is 3. The molecule has 0 fully saturated rings. The number of ether oxygens (including phenoxy) is 3. The van der Waals surface area contributed by atoms with Crippen molar-refractivity contribution in [1.29, 1.82) is 0 Å². The zero-order chi connectivity index (χ0) is 51.3. The van der Waals surface area contributed by atoms with Crippen LogP contribution in [0.4, 0.5) is 0 Å². The number of phosphoric ester groups is 1. The van der Waals surface area contributed by atoms with Gasteiger partial charge in [-0.15, -0.1) is 0 Å². The standard InChI is InChI=1S/C58H91O11P/c1-4-7-10-13-16-19-22-25-27-30-32-35-38-41-44-47-56(60)65-51-55(69-58(62)49-46-43-40-37-34-31-28-26-23-20-17-14-11-8-5-2)53-67-70(63,64)66-52-54(50-59)68-57(61)48-45-42-39-36-33-29-24-21-18-15-12-9-6-3/h8-9,11-12,16-21,25-29,33-34,37,39,42-43,46,54-55,59H,4-7,10,13-15,22-24,30-32,35-36,38,40-41,44-45,47-53H2,1-3H3,(H,63,64)/b11-8-,12-9-,19-16-,20-17-,21-18-,27-25-,28-26-,33-29-,37-34-,42-39-,46-43-. The van der Waals surface area contributed by atoms with E-state index in [-0.39, 0.29) is 19.3 Å². The molecule has 0 rings (SSSR count). The van der Waals surface area contributed by atoms with Gasteiger partial charge < -0.3 is 24.2 Å². The van der Waals surface area contributed by atoms with Crippen LogP contribution in [0.3, 0.4) is 0 Å². The summed E-state index contributed by atoms with van der Waals surface area (Å²) in [6, 6.07) is 0. The summed E-state index contributed by atoms with van der Waals surface area (Å²) in [7, 11) is -4.80. The van der Waals surface area contributed by atoms with Crippen LogP contribution in [0.25, 0.3) is 0 Å². The highest BCUT2D eigenvalue weighted by atomic mass is 31.2. The predicted octanol–water partition coefficient (Wildman–Crippen LogP) is 15.0. The fraction of sp³-hybridized carbons (Fsp3) is 0.569. The van der Waals surface area contributed by atoms with Crippen LogP contribution in [-0.4, -0.2) is 66.5 Å². The van der Waals surface area contributed by atoms with E-state index in [0.29, 0.717) is 19.3 Å². The van der Waals surface area contributed by atoms with Gasteiger partial charge in [0, 0.05) is 12.8 Å². The number of aliphatic hydroxyl groups is 1. The van der Waals surface area contributed by atoms with Gasteiger partial charge in [0.1, 0.15) is 12.7 Å². The van der Waals surface area contributed by atoms with E-state index >= 15 is 0 Å². The molecule has 0 saturated heterocycles. The number of hydrogen-bond acceptors (Lipinski definition) is 10. The van der Waals surface area contributed by atoms with E-state index in [1.807, 2.05) is 36.5 Å². The maximum atomic E-state index is 12.8. The molecule has 394 valence electrons. The molecule has 0 amide bonds. The first-order valence-corrected chi connectivity index (χ1v) is 27.6. The summed E-state index contributed by atoms with van der Waals surface area (Å²) in [5.74, 6) is -1.74. The third-order valence-electron chi connectivity index (χ3n) is 10.1. The third-order valence-corrected chi connectivity index (χ3v) is 11.0. The van der Waals surface area contributed by atoms with Crippen LogP contribution in [0, 0.1) is 0 Å². The van der Waals surface area contributed by atoms with Crippen molar-refractivity contribution >= 4 is 25.7 Å². The second kappa shape index (κ2) is 51.0. The summed E-state index contributed by atoms with van der Waals surface area (Å²) >= 11 is 0. The van der Waals surface area contributed by atoms with Gasteiger partial charge in [0.15, 0.2) is 6.10 Å². The quantitative estimate of drug-likeness (QED) is 0.0197. The van der Waals surface area contributed by atoms with E-state index in [0.717, 1.165) is 96.3 Å². The summed E-state index contributed by atoms with van der Waals surface area (Å²) in [6.07, 6.45) is 63.3. The van der Waals surface area contributed by atoms with Crippen molar-refractivity contribution in [2.75, 3.05) is 26.4 Å². The Morgan fingerprint density at radius 1 is 0.429 bits per heavy atom. The maximum Gasteiger partial charge on any atom is 0.472 e. The summed E-state index contributed by atoms with van der Waals surface area (Å²) in [5.41, 5.74) is 0. The van der Waals surface area contributed by atoms with Crippen molar-refractivity contribution in [3.63, 3.8) is 0 Å². The molecule has 0 aliphatic rings. The van der Waals surface area contributed by atoms with Gasteiger partial charge in [-0.1, -0.05) is 187 Å². The van der Waals surface area contributed by atoms with Gasteiger partial charge in [0.25, 0.3) is 0 Å². The second-order valence-corrected chi connectivity index (χ2v) is 18.0. The van der Waals surface area contributed by atoms with Crippen LogP contribution in [0.2, 0.25) is 0 Å². The van der Waals surface area contributed by atoms with E-state index in [1.165, 1.54) is 19.3 Å². The van der Waals surface area contributed by atoms with Crippen molar-refractivity contribution in [1.82, 2.24) is 0 Å². The summed E-state index contributed by atoms with van der Waals surface area (Å²) in [4.78, 5) is 48.2. The van der Waals surface area contributed by atoms with Crippen LogP contribution >= 0.6 is 7.82 Å². The second-order valence-electron chi connectivity index (χ2n) is 16.6. The topological polar surface area (TPSA) is 155 Å². The number of carbonyl (C=O) groups excluding carboxylic acids is 3. The van der Waals surface area contributed by atoms with Gasteiger partial charge in [-0.25, -0.2) is 4.57 Å². The number of rotatable bonds is 46. The molecule has 0 bridgehead atoms. The van der Waals surface area contributed by atoms with Crippen molar-refractivity contribution in [2.45, 2.75) is 187 Å². The minimum Gasteiger partial charge on any atom is -0.462 e. The van der Waals surface area contributed by atoms with E-state index in [1.54, 1.807) is 6.08 Å². The van der Waals surface area contributed by atoms with Gasteiger partial charge in [0.2, 0.25) is 0 Å². The van der Waals surface area contributed by atoms with E-state index < -0.39 is 64.4 Å². The minimum atomic E-state index is -4.80. The van der Waals surface area contributed by atoms with Gasteiger partial charge in [-0.05, 0) is 103 Å². The molecule has 0 aromatic rings. The summed E-state index contributed by atoms with van der Waals surface area (Å²) < 4.78 is 39.1. The molecule has 0 radical (unpaired) electrons. The van der Waals surface area contributed by atoms with E-state index in [2.05, 4.69) is 112 Å². The van der Waals surface area contributed by atoms with Crippen LogP contribution in [0.5, 0.6) is 0 Å². The summed E-state index contributed by atoms with van der Waals surface area (Å²) in [6.45, 7) is 4.13. The fourth-order valence-corrected chi connectivity index (χ4v) is 6.96. The Balaban J connectivity index is 4.97. The van der Waals surface area contributed by atoms with Crippen molar-refractivity contribution in [2.24, 2.45) is 0 Å². The first-order valence-electron chi connectivity index (χ1n) is 26.1. The normalized spacial score (nSPS) is 14.5. The van der Waals surface area contributed by atoms with Crippen molar-refractivity contribution in [3.05, 3.63) is 134 Å². The lowest BCUT2D eigenvalue weighted by Crippen LogP contribution is -2.30. The highest BCUT2D eigenvalue weighted by Gasteiger charge is 2.28. The number of allylic oxidation sites excluding steroid dienone is 21. The first kappa shape index (κ1) is 65.6. The smallest absolute Gasteiger partial charge is 0.462 e. The van der Waals surface area contributed by atoms with Gasteiger partial charge in [-0.2, -0.15) is 0 Å². The number of esters is 3. The zero-order valence-corrected chi connectivity index (χ0v) is 44.1. The zero-order valence-electron chi connectivity index (χ0n) is 43.2. The molecule has 3 unspecified atom stereocenters.